The van der Waals surface area contributed by atoms with Crippen molar-refractivity contribution >= 4 is 11.5 Å². The van der Waals surface area contributed by atoms with Gasteiger partial charge in [-0.3, -0.25) is 0 Å². The Bertz CT molecular complexity index is 849. The Hall–Kier alpha value is -2.89. The molecular formula is C19H22N6. The molecule has 1 aromatic carbocycles. The van der Waals surface area contributed by atoms with Crippen LogP contribution in [-0.2, 0) is 0 Å². The molecule has 0 N–H and O–H groups in total. The van der Waals surface area contributed by atoms with Gasteiger partial charge in [-0.25, -0.2) is 14.6 Å². The Labute approximate surface area is 147 Å². The molecule has 1 fully saturated rings. The molecule has 2 aromatic heterocycles. The van der Waals surface area contributed by atoms with E-state index in [0.717, 1.165) is 49.2 Å². The lowest BCUT2D eigenvalue weighted by Gasteiger charge is -2.36. The van der Waals surface area contributed by atoms with Crippen LogP contribution in [0.5, 0.6) is 0 Å². The zero-order valence-electron chi connectivity index (χ0n) is 14.6. The Balaban J connectivity index is 1.50. The summed E-state index contributed by atoms with van der Waals surface area (Å²) in [6.45, 7) is 7.91. The van der Waals surface area contributed by atoms with Gasteiger partial charge in [0.2, 0.25) is 0 Å². The van der Waals surface area contributed by atoms with Gasteiger partial charge in [0.25, 0.3) is 0 Å². The number of para-hydroxylation sites is 1. The number of hydrogen-bond donors (Lipinski definition) is 0. The maximum atomic E-state index is 4.52. The lowest BCUT2D eigenvalue weighted by molar-refractivity contribution is 0.645. The highest BCUT2D eigenvalue weighted by Crippen LogP contribution is 2.20. The maximum Gasteiger partial charge on any atom is 0.159 e. The van der Waals surface area contributed by atoms with Crippen LogP contribution >= 0.6 is 0 Å². The van der Waals surface area contributed by atoms with Gasteiger partial charge in [0, 0.05) is 43.6 Å². The van der Waals surface area contributed by atoms with Crippen molar-refractivity contribution in [1.82, 2.24) is 19.7 Å². The zero-order valence-corrected chi connectivity index (χ0v) is 14.6. The van der Waals surface area contributed by atoms with Crippen molar-refractivity contribution in [1.29, 1.82) is 0 Å². The minimum Gasteiger partial charge on any atom is -0.368 e. The van der Waals surface area contributed by atoms with Crippen LogP contribution in [-0.4, -0.2) is 45.9 Å². The average Bonchev–Trinajstić information content (AvgIpc) is 3.01. The second-order valence-electron chi connectivity index (χ2n) is 6.38. The Morgan fingerprint density at radius 1 is 0.800 bits per heavy atom. The van der Waals surface area contributed by atoms with Crippen LogP contribution in [0.4, 0.5) is 11.5 Å². The zero-order chi connectivity index (χ0) is 17.2. The number of rotatable bonds is 3. The maximum absolute atomic E-state index is 4.52. The van der Waals surface area contributed by atoms with E-state index in [9.17, 15) is 0 Å². The van der Waals surface area contributed by atoms with E-state index < -0.39 is 0 Å². The molecule has 6 heteroatoms. The molecule has 0 aliphatic carbocycles. The summed E-state index contributed by atoms with van der Waals surface area (Å²) in [6, 6.07) is 14.7. The van der Waals surface area contributed by atoms with Crippen molar-refractivity contribution in [2.45, 2.75) is 13.8 Å². The number of piperazine rings is 1. The van der Waals surface area contributed by atoms with Gasteiger partial charge in [0.15, 0.2) is 5.82 Å². The Morgan fingerprint density at radius 3 is 2.16 bits per heavy atom. The molecule has 3 heterocycles. The van der Waals surface area contributed by atoms with Crippen LogP contribution in [0.15, 0.2) is 48.8 Å². The Morgan fingerprint density at radius 2 is 1.48 bits per heavy atom. The smallest absolute Gasteiger partial charge is 0.159 e. The highest BCUT2D eigenvalue weighted by Gasteiger charge is 2.19. The monoisotopic (exact) mass is 334 g/mol. The van der Waals surface area contributed by atoms with E-state index in [0.29, 0.717) is 0 Å². The fourth-order valence-corrected chi connectivity index (χ4v) is 3.32. The van der Waals surface area contributed by atoms with Gasteiger partial charge in [0.05, 0.1) is 5.69 Å². The summed E-state index contributed by atoms with van der Waals surface area (Å²) >= 11 is 0. The largest absolute Gasteiger partial charge is 0.368 e. The highest BCUT2D eigenvalue weighted by molar-refractivity contribution is 5.50. The summed E-state index contributed by atoms with van der Waals surface area (Å²) in [5.74, 6) is 1.78. The standard InChI is InChI=1S/C19H22N6/c1-15-12-16(2)25(22-15)19-13-18(20-14-21-19)24-10-8-23(9-11-24)17-6-4-3-5-7-17/h3-7,12-14H,8-11H2,1-2H3. The molecule has 1 saturated heterocycles. The van der Waals surface area contributed by atoms with Crippen LogP contribution < -0.4 is 9.80 Å². The van der Waals surface area contributed by atoms with Crippen LogP contribution in [0.1, 0.15) is 11.4 Å². The first kappa shape index (κ1) is 15.6. The number of anilines is 2. The number of benzene rings is 1. The van der Waals surface area contributed by atoms with Crippen molar-refractivity contribution in [3.63, 3.8) is 0 Å². The van der Waals surface area contributed by atoms with Gasteiger partial charge in [-0.1, -0.05) is 18.2 Å². The molecule has 0 radical (unpaired) electrons. The first-order valence-electron chi connectivity index (χ1n) is 8.61. The van der Waals surface area contributed by atoms with Gasteiger partial charge in [-0.2, -0.15) is 5.10 Å². The molecule has 0 spiro atoms. The number of nitrogens with zero attached hydrogens (tertiary/aromatic N) is 6. The van der Waals surface area contributed by atoms with Crippen molar-refractivity contribution in [2.75, 3.05) is 36.0 Å². The molecule has 3 aromatic rings. The Kier molecular flexibility index (Phi) is 4.09. The van der Waals surface area contributed by atoms with Crippen molar-refractivity contribution in [3.05, 3.63) is 60.2 Å². The summed E-state index contributed by atoms with van der Waals surface area (Å²) < 4.78 is 1.88. The summed E-state index contributed by atoms with van der Waals surface area (Å²) in [5.41, 5.74) is 3.36. The summed E-state index contributed by atoms with van der Waals surface area (Å²) in [7, 11) is 0. The number of aryl methyl sites for hydroxylation is 2. The van der Waals surface area contributed by atoms with E-state index in [1.54, 1.807) is 6.33 Å². The fraction of sp³-hybridized carbons (Fsp3) is 0.316. The van der Waals surface area contributed by atoms with Gasteiger partial charge >= 0.3 is 0 Å². The first-order valence-corrected chi connectivity index (χ1v) is 8.61. The van der Waals surface area contributed by atoms with E-state index in [1.807, 2.05) is 24.6 Å². The summed E-state index contributed by atoms with van der Waals surface area (Å²) in [4.78, 5) is 13.6. The summed E-state index contributed by atoms with van der Waals surface area (Å²) in [6.07, 6.45) is 1.63. The van der Waals surface area contributed by atoms with Gasteiger partial charge < -0.3 is 9.80 Å². The normalized spacial score (nSPS) is 14.8. The molecule has 0 saturated carbocycles. The third-order valence-electron chi connectivity index (χ3n) is 4.59. The molecule has 6 nitrogen and oxygen atoms in total. The van der Waals surface area contributed by atoms with Crippen molar-refractivity contribution in [3.8, 4) is 5.82 Å². The number of hydrogen-bond acceptors (Lipinski definition) is 5. The molecule has 128 valence electrons. The predicted octanol–water partition coefficient (Wildman–Crippen LogP) is 2.61. The first-order chi connectivity index (χ1) is 12.2. The molecule has 4 rings (SSSR count). The third-order valence-corrected chi connectivity index (χ3v) is 4.59. The fourth-order valence-electron chi connectivity index (χ4n) is 3.32. The molecule has 1 aliphatic rings. The van der Waals surface area contributed by atoms with Crippen molar-refractivity contribution in [2.24, 2.45) is 0 Å². The van der Waals surface area contributed by atoms with Gasteiger partial charge in [-0.05, 0) is 32.0 Å². The second-order valence-corrected chi connectivity index (χ2v) is 6.38. The van der Waals surface area contributed by atoms with E-state index in [2.05, 4.69) is 61.3 Å². The van der Waals surface area contributed by atoms with Gasteiger partial charge in [0.1, 0.15) is 12.1 Å². The van der Waals surface area contributed by atoms with Crippen LogP contribution in [0.2, 0.25) is 0 Å². The lowest BCUT2D eigenvalue weighted by atomic mass is 10.2. The lowest BCUT2D eigenvalue weighted by Crippen LogP contribution is -2.46. The molecular weight excluding hydrogens is 312 g/mol. The number of aromatic nitrogens is 4. The quantitative estimate of drug-likeness (QED) is 0.737. The van der Waals surface area contributed by atoms with Crippen LogP contribution in [0.25, 0.3) is 5.82 Å². The van der Waals surface area contributed by atoms with E-state index in [-0.39, 0.29) is 0 Å². The predicted molar refractivity (Wildman–Crippen MR) is 99.5 cm³/mol. The highest BCUT2D eigenvalue weighted by atomic mass is 15.3. The van der Waals surface area contributed by atoms with E-state index in [4.69, 9.17) is 0 Å². The topological polar surface area (TPSA) is 50.1 Å². The molecule has 0 bridgehead atoms. The third kappa shape index (κ3) is 3.20. The van der Waals surface area contributed by atoms with E-state index in [1.165, 1.54) is 5.69 Å². The molecule has 0 atom stereocenters. The molecule has 0 unspecified atom stereocenters. The van der Waals surface area contributed by atoms with Crippen LogP contribution in [0, 0.1) is 13.8 Å². The van der Waals surface area contributed by atoms with Crippen LogP contribution in [0.3, 0.4) is 0 Å². The van der Waals surface area contributed by atoms with E-state index >= 15 is 0 Å². The van der Waals surface area contributed by atoms with Gasteiger partial charge in [-0.15, -0.1) is 0 Å². The molecule has 1 aliphatic heterocycles. The minimum atomic E-state index is 0.820. The summed E-state index contributed by atoms with van der Waals surface area (Å²) in [5, 5.41) is 4.52. The van der Waals surface area contributed by atoms with Crippen molar-refractivity contribution < 1.29 is 0 Å². The molecule has 25 heavy (non-hydrogen) atoms. The minimum absolute atomic E-state index is 0.820. The molecule has 0 amide bonds. The SMILES string of the molecule is Cc1cc(C)n(-c2cc(N3CCN(c4ccccc4)CC3)ncn2)n1. The second kappa shape index (κ2) is 6.55. The average molecular weight is 334 g/mol.